The number of aromatic nitrogens is 2. The van der Waals surface area contributed by atoms with Crippen LogP contribution in [0.15, 0.2) is 54.9 Å². The Hall–Kier alpha value is -3.50. The quantitative estimate of drug-likeness (QED) is 0.713. The van der Waals surface area contributed by atoms with Gasteiger partial charge in [0.15, 0.2) is 5.60 Å². The van der Waals surface area contributed by atoms with Crippen LogP contribution in [0.1, 0.15) is 18.1 Å². The summed E-state index contributed by atoms with van der Waals surface area (Å²) in [5, 5.41) is 26.4. The second-order valence-corrected chi connectivity index (χ2v) is 6.80. The Morgan fingerprint density at radius 1 is 1.29 bits per heavy atom. The smallest absolute Gasteiger partial charge is 0.257 e. The van der Waals surface area contributed by atoms with Gasteiger partial charge in [0.2, 0.25) is 0 Å². The van der Waals surface area contributed by atoms with Gasteiger partial charge < -0.3 is 10.4 Å². The lowest BCUT2D eigenvalue weighted by Gasteiger charge is -2.22. The number of halogens is 1. The Bertz CT molecular complexity index is 1050. The van der Waals surface area contributed by atoms with E-state index in [1.54, 1.807) is 49.6 Å². The van der Waals surface area contributed by atoms with Gasteiger partial charge in [-0.05, 0) is 55.3 Å². The molecule has 1 heterocycles. The summed E-state index contributed by atoms with van der Waals surface area (Å²) >= 11 is 0. The Labute approximate surface area is 161 Å². The van der Waals surface area contributed by atoms with Gasteiger partial charge in [0.05, 0.1) is 24.4 Å². The van der Waals surface area contributed by atoms with Gasteiger partial charge >= 0.3 is 0 Å². The van der Waals surface area contributed by atoms with Crippen LogP contribution in [0.2, 0.25) is 0 Å². The minimum Gasteiger partial charge on any atom is -0.378 e. The van der Waals surface area contributed by atoms with Crippen LogP contribution >= 0.6 is 0 Å². The molecule has 6 nitrogen and oxygen atoms in total. The first-order valence-corrected chi connectivity index (χ1v) is 8.61. The van der Waals surface area contributed by atoms with Crippen molar-refractivity contribution in [3.8, 4) is 17.2 Å². The molecule has 142 valence electrons. The van der Waals surface area contributed by atoms with Crippen LogP contribution in [-0.2, 0) is 11.3 Å². The highest BCUT2D eigenvalue weighted by Crippen LogP contribution is 2.21. The minimum absolute atomic E-state index is 0.0602. The lowest BCUT2D eigenvalue weighted by Crippen LogP contribution is -2.43. The van der Waals surface area contributed by atoms with Crippen molar-refractivity contribution in [3.63, 3.8) is 0 Å². The molecule has 0 saturated carbocycles. The molecule has 1 aromatic heterocycles. The number of rotatable bonds is 5. The first-order chi connectivity index (χ1) is 13.3. The van der Waals surface area contributed by atoms with Crippen LogP contribution in [0.4, 0.5) is 10.1 Å². The van der Waals surface area contributed by atoms with Crippen molar-refractivity contribution in [1.82, 2.24) is 9.78 Å². The van der Waals surface area contributed by atoms with E-state index < -0.39 is 11.5 Å². The van der Waals surface area contributed by atoms with E-state index in [1.165, 1.54) is 23.7 Å². The summed E-state index contributed by atoms with van der Waals surface area (Å²) in [6.07, 6.45) is 3.27. The molecule has 2 N–H and O–H groups in total. The molecular formula is C21H19FN4O2. The zero-order valence-corrected chi connectivity index (χ0v) is 15.5. The number of benzene rings is 2. The molecule has 0 radical (unpaired) electrons. The molecule has 0 aliphatic carbocycles. The Morgan fingerprint density at radius 3 is 2.64 bits per heavy atom. The number of amides is 1. The summed E-state index contributed by atoms with van der Waals surface area (Å²) < 4.78 is 14.5. The van der Waals surface area contributed by atoms with E-state index in [9.17, 15) is 14.3 Å². The second kappa shape index (κ2) is 7.62. The Balaban J connectivity index is 1.71. The average molecular weight is 378 g/mol. The first kappa shape index (κ1) is 19.3. The number of anilines is 1. The van der Waals surface area contributed by atoms with Crippen LogP contribution in [0.3, 0.4) is 0 Å². The van der Waals surface area contributed by atoms with Gasteiger partial charge in [-0.15, -0.1) is 0 Å². The summed E-state index contributed by atoms with van der Waals surface area (Å²) in [5.41, 5.74) is 1.57. The number of hydrogen-bond donors (Lipinski definition) is 2. The monoisotopic (exact) mass is 378 g/mol. The van der Waals surface area contributed by atoms with Gasteiger partial charge in [0.25, 0.3) is 5.91 Å². The highest BCUT2D eigenvalue weighted by Gasteiger charge is 2.31. The van der Waals surface area contributed by atoms with E-state index in [4.69, 9.17) is 5.26 Å². The third-order valence-electron chi connectivity index (χ3n) is 4.37. The number of aliphatic hydroxyl groups is 1. The third-order valence-corrected chi connectivity index (χ3v) is 4.37. The van der Waals surface area contributed by atoms with Crippen LogP contribution in [0, 0.1) is 24.1 Å². The fourth-order valence-corrected chi connectivity index (χ4v) is 2.76. The van der Waals surface area contributed by atoms with Crippen molar-refractivity contribution >= 4 is 11.6 Å². The number of carbonyl (C=O) groups excluding carboxylic acids is 1. The van der Waals surface area contributed by atoms with Crippen LogP contribution in [-0.4, -0.2) is 26.4 Å². The van der Waals surface area contributed by atoms with Gasteiger partial charge in [-0.25, -0.2) is 4.39 Å². The lowest BCUT2D eigenvalue weighted by atomic mass is 10.1. The van der Waals surface area contributed by atoms with E-state index in [0.29, 0.717) is 11.3 Å². The SMILES string of the molecule is Cc1cc(NC(=O)C(C)(O)Cn2cc(-c3ccc(F)cc3)cn2)ccc1C#N. The number of carbonyl (C=O) groups is 1. The van der Waals surface area contributed by atoms with Crippen molar-refractivity contribution in [3.05, 3.63) is 71.8 Å². The van der Waals surface area contributed by atoms with E-state index in [0.717, 1.165) is 16.7 Å². The molecule has 1 atom stereocenters. The van der Waals surface area contributed by atoms with Gasteiger partial charge in [-0.1, -0.05) is 12.1 Å². The Morgan fingerprint density at radius 2 is 2.00 bits per heavy atom. The van der Waals surface area contributed by atoms with E-state index in [-0.39, 0.29) is 12.4 Å². The van der Waals surface area contributed by atoms with Crippen molar-refractivity contribution in [2.75, 3.05) is 5.32 Å². The van der Waals surface area contributed by atoms with Crippen molar-refractivity contribution < 1.29 is 14.3 Å². The first-order valence-electron chi connectivity index (χ1n) is 8.61. The number of nitrogens with zero attached hydrogens (tertiary/aromatic N) is 3. The van der Waals surface area contributed by atoms with Crippen LogP contribution < -0.4 is 5.32 Å². The minimum atomic E-state index is -1.71. The number of nitrogens with one attached hydrogen (secondary N) is 1. The van der Waals surface area contributed by atoms with Crippen LogP contribution in [0.25, 0.3) is 11.1 Å². The molecule has 28 heavy (non-hydrogen) atoms. The van der Waals surface area contributed by atoms with Crippen molar-refractivity contribution in [1.29, 1.82) is 5.26 Å². The zero-order valence-electron chi connectivity index (χ0n) is 15.5. The second-order valence-electron chi connectivity index (χ2n) is 6.80. The summed E-state index contributed by atoms with van der Waals surface area (Å²) in [4.78, 5) is 12.5. The normalized spacial score (nSPS) is 12.8. The molecule has 3 aromatic rings. The molecule has 2 aromatic carbocycles. The number of nitriles is 1. The number of hydrogen-bond acceptors (Lipinski definition) is 4. The van der Waals surface area contributed by atoms with Gasteiger partial charge in [0.1, 0.15) is 5.82 Å². The summed E-state index contributed by atoms with van der Waals surface area (Å²) in [5.74, 6) is -0.913. The molecular weight excluding hydrogens is 359 g/mol. The van der Waals surface area contributed by atoms with E-state index in [2.05, 4.69) is 16.5 Å². The molecule has 1 unspecified atom stereocenters. The van der Waals surface area contributed by atoms with Crippen molar-refractivity contribution in [2.24, 2.45) is 0 Å². The fraction of sp³-hybridized carbons (Fsp3) is 0.190. The maximum atomic E-state index is 13.1. The molecule has 3 rings (SSSR count). The standard InChI is InChI=1S/C21H19FN4O2/c1-14-9-19(8-5-16(14)10-23)25-20(27)21(2,28)13-26-12-17(11-24-26)15-3-6-18(22)7-4-15/h3-9,11-12,28H,13H2,1-2H3,(H,25,27). The molecule has 0 aliphatic rings. The lowest BCUT2D eigenvalue weighted by molar-refractivity contribution is -0.133. The molecule has 1 amide bonds. The highest BCUT2D eigenvalue weighted by atomic mass is 19.1. The van der Waals surface area contributed by atoms with Gasteiger partial charge in [-0.2, -0.15) is 10.4 Å². The average Bonchev–Trinajstić information content (AvgIpc) is 3.10. The molecule has 0 spiro atoms. The Kier molecular flexibility index (Phi) is 5.25. The topological polar surface area (TPSA) is 90.9 Å². The third kappa shape index (κ3) is 4.24. The summed E-state index contributed by atoms with van der Waals surface area (Å²) in [6, 6.07) is 12.9. The van der Waals surface area contributed by atoms with Gasteiger partial charge in [-0.3, -0.25) is 9.48 Å². The van der Waals surface area contributed by atoms with E-state index >= 15 is 0 Å². The molecule has 0 aliphatic heterocycles. The van der Waals surface area contributed by atoms with Gasteiger partial charge in [0, 0.05) is 17.4 Å². The van der Waals surface area contributed by atoms with Crippen molar-refractivity contribution in [2.45, 2.75) is 26.0 Å². The highest BCUT2D eigenvalue weighted by molar-refractivity contribution is 5.96. The fourth-order valence-electron chi connectivity index (χ4n) is 2.76. The van der Waals surface area contributed by atoms with E-state index in [1.807, 2.05) is 0 Å². The summed E-state index contributed by atoms with van der Waals surface area (Å²) in [7, 11) is 0. The molecule has 0 saturated heterocycles. The molecule has 0 bridgehead atoms. The predicted molar refractivity (Wildman–Crippen MR) is 103 cm³/mol. The molecule has 7 heteroatoms. The molecule has 0 fully saturated rings. The van der Waals surface area contributed by atoms with Crippen LogP contribution in [0.5, 0.6) is 0 Å². The predicted octanol–water partition coefficient (Wildman–Crippen LogP) is 3.26. The maximum Gasteiger partial charge on any atom is 0.257 e. The summed E-state index contributed by atoms with van der Waals surface area (Å²) in [6.45, 7) is 3.11. The largest absolute Gasteiger partial charge is 0.378 e. The maximum absolute atomic E-state index is 13.1. The number of aryl methyl sites for hydroxylation is 1. The zero-order chi connectivity index (χ0) is 20.3.